The van der Waals surface area contributed by atoms with Crippen LogP contribution in [-0.4, -0.2) is 29.3 Å². The molecule has 4 N–H and O–H groups in total. The fourth-order valence-corrected chi connectivity index (χ4v) is 1.38. The number of aliphatic hydroxyl groups excluding tert-OH is 1. The number of hydrogen-bond donors (Lipinski definition) is 3. The molecule has 0 amide bonds. The van der Waals surface area contributed by atoms with Crippen LogP contribution >= 0.6 is 0 Å². The summed E-state index contributed by atoms with van der Waals surface area (Å²) in [5, 5.41) is 10.3. The number of ether oxygens (including phenoxy) is 1. The van der Waals surface area contributed by atoms with E-state index in [-0.39, 0.29) is 13.2 Å². The number of aromatic nitrogens is 1. The largest absolute Gasteiger partial charge is 0.476 e. The van der Waals surface area contributed by atoms with E-state index in [9.17, 15) is 5.11 Å². The Bertz CT molecular complexity index is 406. The molecule has 0 saturated carbocycles. The van der Waals surface area contributed by atoms with Crippen molar-refractivity contribution in [2.75, 3.05) is 13.2 Å². The standard InChI is InChI=1S/C11H14N2O2/c12-6-9(14)7-15-11-5-8-3-1-2-4-10(8)13-11/h1-5,9,13-14H,6-7,12H2. The van der Waals surface area contributed by atoms with Gasteiger partial charge in [-0.05, 0) is 6.07 Å². The molecule has 4 nitrogen and oxygen atoms in total. The Morgan fingerprint density at radius 3 is 2.93 bits per heavy atom. The molecule has 4 heteroatoms. The molecule has 0 saturated heterocycles. The van der Waals surface area contributed by atoms with Crippen molar-refractivity contribution in [3.05, 3.63) is 30.3 Å². The van der Waals surface area contributed by atoms with Crippen molar-refractivity contribution < 1.29 is 9.84 Å². The Morgan fingerprint density at radius 2 is 2.20 bits per heavy atom. The summed E-state index contributed by atoms with van der Waals surface area (Å²) >= 11 is 0. The van der Waals surface area contributed by atoms with Crippen LogP contribution in [0.5, 0.6) is 5.88 Å². The highest BCUT2D eigenvalue weighted by molar-refractivity contribution is 5.81. The van der Waals surface area contributed by atoms with Crippen molar-refractivity contribution in [2.45, 2.75) is 6.10 Å². The molecule has 0 aliphatic heterocycles. The predicted octanol–water partition coefficient (Wildman–Crippen LogP) is 0.866. The van der Waals surface area contributed by atoms with Crippen LogP contribution in [0.25, 0.3) is 10.9 Å². The van der Waals surface area contributed by atoms with Gasteiger partial charge in [-0.2, -0.15) is 0 Å². The zero-order valence-corrected chi connectivity index (χ0v) is 8.31. The van der Waals surface area contributed by atoms with Gasteiger partial charge in [0.25, 0.3) is 0 Å². The molecule has 2 rings (SSSR count). The number of para-hydroxylation sites is 1. The van der Waals surface area contributed by atoms with Gasteiger partial charge in [0.2, 0.25) is 0 Å². The lowest BCUT2D eigenvalue weighted by Crippen LogP contribution is -2.26. The number of hydrogen-bond acceptors (Lipinski definition) is 3. The van der Waals surface area contributed by atoms with E-state index in [4.69, 9.17) is 10.5 Å². The van der Waals surface area contributed by atoms with Crippen LogP contribution in [-0.2, 0) is 0 Å². The molecule has 0 fully saturated rings. The Hall–Kier alpha value is -1.52. The zero-order valence-electron chi connectivity index (χ0n) is 8.31. The minimum absolute atomic E-state index is 0.209. The van der Waals surface area contributed by atoms with Gasteiger partial charge in [-0.1, -0.05) is 18.2 Å². The van der Waals surface area contributed by atoms with Gasteiger partial charge in [-0.3, -0.25) is 0 Å². The third-order valence-corrected chi connectivity index (χ3v) is 2.21. The van der Waals surface area contributed by atoms with Crippen LogP contribution in [0.15, 0.2) is 30.3 Å². The number of nitrogens with one attached hydrogen (secondary N) is 1. The highest BCUT2D eigenvalue weighted by Crippen LogP contribution is 2.19. The van der Waals surface area contributed by atoms with Crippen LogP contribution in [0, 0.1) is 0 Å². The number of fused-ring (bicyclic) bond motifs is 1. The summed E-state index contributed by atoms with van der Waals surface area (Å²) in [5.41, 5.74) is 6.29. The lowest BCUT2D eigenvalue weighted by molar-refractivity contribution is 0.112. The quantitative estimate of drug-likeness (QED) is 0.695. The van der Waals surface area contributed by atoms with Gasteiger partial charge in [0, 0.05) is 23.5 Å². The maximum absolute atomic E-state index is 9.23. The van der Waals surface area contributed by atoms with Crippen molar-refractivity contribution in [2.24, 2.45) is 5.73 Å². The molecule has 0 spiro atoms. The number of H-pyrrole nitrogens is 1. The highest BCUT2D eigenvalue weighted by Gasteiger charge is 2.04. The van der Waals surface area contributed by atoms with E-state index in [2.05, 4.69) is 4.98 Å². The molecule has 0 radical (unpaired) electrons. The second-order valence-corrected chi connectivity index (χ2v) is 3.42. The second-order valence-electron chi connectivity index (χ2n) is 3.42. The average molecular weight is 206 g/mol. The maximum Gasteiger partial charge on any atom is 0.191 e. The summed E-state index contributed by atoms with van der Waals surface area (Å²) in [7, 11) is 0. The molecule has 80 valence electrons. The lowest BCUT2D eigenvalue weighted by Gasteiger charge is -2.07. The number of nitrogens with two attached hydrogens (primary N) is 1. The summed E-state index contributed by atoms with van der Waals surface area (Å²) < 4.78 is 5.36. The third kappa shape index (κ3) is 2.29. The number of rotatable bonds is 4. The van der Waals surface area contributed by atoms with Crippen LogP contribution in [0.1, 0.15) is 0 Å². The summed E-state index contributed by atoms with van der Waals surface area (Å²) in [6.07, 6.45) is -0.614. The lowest BCUT2D eigenvalue weighted by atomic mass is 10.3. The topological polar surface area (TPSA) is 71.3 Å². The Morgan fingerprint density at radius 1 is 1.40 bits per heavy atom. The molecule has 2 aromatic rings. The monoisotopic (exact) mass is 206 g/mol. The summed E-state index contributed by atoms with van der Waals surface area (Å²) in [6.45, 7) is 0.420. The van der Waals surface area contributed by atoms with Crippen molar-refractivity contribution in [1.29, 1.82) is 0 Å². The first kappa shape index (κ1) is 10.0. The molecule has 1 aromatic carbocycles. The van der Waals surface area contributed by atoms with Crippen LogP contribution in [0.3, 0.4) is 0 Å². The van der Waals surface area contributed by atoms with Gasteiger partial charge >= 0.3 is 0 Å². The van der Waals surface area contributed by atoms with Crippen LogP contribution in [0.4, 0.5) is 0 Å². The summed E-state index contributed by atoms with van der Waals surface area (Å²) in [6, 6.07) is 9.80. The molecule has 0 bridgehead atoms. The molecular formula is C11H14N2O2. The van der Waals surface area contributed by atoms with E-state index in [1.165, 1.54) is 0 Å². The van der Waals surface area contributed by atoms with Gasteiger partial charge in [0.15, 0.2) is 5.88 Å². The molecule has 1 heterocycles. The molecule has 1 atom stereocenters. The van der Waals surface area contributed by atoms with E-state index in [1.54, 1.807) is 0 Å². The van der Waals surface area contributed by atoms with Gasteiger partial charge in [-0.15, -0.1) is 0 Å². The van der Waals surface area contributed by atoms with Crippen molar-refractivity contribution in [3.63, 3.8) is 0 Å². The molecule has 0 aliphatic rings. The smallest absolute Gasteiger partial charge is 0.191 e. The number of aromatic amines is 1. The Balaban J connectivity index is 2.09. The fraction of sp³-hybridized carbons (Fsp3) is 0.273. The van der Waals surface area contributed by atoms with E-state index in [0.29, 0.717) is 5.88 Å². The molecular weight excluding hydrogens is 192 g/mol. The van der Waals surface area contributed by atoms with Gasteiger partial charge < -0.3 is 20.6 Å². The SMILES string of the molecule is NCC(O)COc1cc2ccccc2[nH]1. The van der Waals surface area contributed by atoms with Gasteiger partial charge in [0.05, 0.1) is 0 Å². The van der Waals surface area contributed by atoms with E-state index < -0.39 is 6.10 Å². The Labute approximate surface area is 87.7 Å². The average Bonchev–Trinajstić information content (AvgIpc) is 2.68. The minimum Gasteiger partial charge on any atom is -0.476 e. The normalized spacial score (nSPS) is 12.9. The first-order valence-corrected chi connectivity index (χ1v) is 4.88. The summed E-state index contributed by atoms with van der Waals surface area (Å²) in [5.74, 6) is 0.656. The van der Waals surface area contributed by atoms with Crippen molar-refractivity contribution in [1.82, 2.24) is 4.98 Å². The fourth-order valence-electron chi connectivity index (χ4n) is 1.38. The van der Waals surface area contributed by atoms with E-state index in [0.717, 1.165) is 10.9 Å². The molecule has 15 heavy (non-hydrogen) atoms. The zero-order chi connectivity index (χ0) is 10.7. The highest BCUT2D eigenvalue weighted by atomic mass is 16.5. The van der Waals surface area contributed by atoms with Gasteiger partial charge in [0.1, 0.15) is 12.7 Å². The van der Waals surface area contributed by atoms with E-state index in [1.807, 2.05) is 30.3 Å². The van der Waals surface area contributed by atoms with Crippen LogP contribution in [0.2, 0.25) is 0 Å². The van der Waals surface area contributed by atoms with Crippen LogP contribution < -0.4 is 10.5 Å². The number of aliphatic hydroxyl groups is 1. The third-order valence-electron chi connectivity index (χ3n) is 2.21. The summed E-state index contributed by atoms with van der Waals surface area (Å²) in [4.78, 5) is 3.10. The van der Waals surface area contributed by atoms with Crippen molar-refractivity contribution >= 4 is 10.9 Å². The van der Waals surface area contributed by atoms with Gasteiger partial charge in [-0.25, -0.2) is 0 Å². The molecule has 0 aliphatic carbocycles. The molecule has 1 unspecified atom stereocenters. The first-order chi connectivity index (χ1) is 7.29. The first-order valence-electron chi connectivity index (χ1n) is 4.88. The Kier molecular flexibility index (Phi) is 2.89. The number of benzene rings is 1. The second kappa shape index (κ2) is 4.33. The molecule has 1 aromatic heterocycles. The minimum atomic E-state index is -0.614. The maximum atomic E-state index is 9.23. The van der Waals surface area contributed by atoms with Crippen molar-refractivity contribution in [3.8, 4) is 5.88 Å². The predicted molar refractivity (Wildman–Crippen MR) is 58.9 cm³/mol. The van der Waals surface area contributed by atoms with E-state index >= 15 is 0 Å².